The number of aromatic nitrogens is 2. The van der Waals surface area contributed by atoms with E-state index >= 15 is 0 Å². The minimum atomic E-state index is -0.923. The van der Waals surface area contributed by atoms with Gasteiger partial charge in [0.25, 0.3) is 0 Å². The lowest BCUT2D eigenvalue weighted by Gasteiger charge is -2.37. The van der Waals surface area contributed by atoms with Crippen molar-refractivity contribution in [2.75, 3.05) is 0 Å². The van der Waals surface area contributed by atoms with E-state index in [0.29, 0.717) is 6.04 Å². The number of nitrogens with one attached hydrogen (secondary N) is 1. The maximum atomic E-state index is 11.6. The lowest BCUT2D eigenvalue weighted by atomic mass is 9.90. The van der Waals surface area contributed by atoms with Crippen LogP contribution >= 0.6 is 12.2 Å². The number of carboxylic acid groups (broad SMARTS) is 1. The molecule has 7 heteroatoms. The number of aromatic carboxylic acids is 1. The van der Waals surface area contributed by atoms with Crippen LogP contribution in [0.3, 0.4) is 0 Å². The number of rotatable bonds is 5. The Morgan fingerprint density at radius 3 is 2.59 bits per heavy atom. The molecule has 176 valence electrons. The molecule has 2 atom stereocenters. The average molecular weight is 475 g/mol. The highest BCUT2D eigenvalue weighted by molar-refractivity contribution is 7.80. The summed E-state index contributed by atoms with van der Waals surface area (Å²) in [5.74, 6) is -0.923. The zero-order valence-corrected chi connectivity index (χ0v) is 20.4. The summed E-state index contributed by atoms with van der Waals surface area (Å²) in [6, 6.07) is 15.8. The van der Waals surface area contributed by atoms with E-state index < -0.39 is 5.97 Å². The van der Waals surface area contributed by atoms with Gasteiger partial charge in [-0.05, 0) is 80.9 Å². The van der Waals surface area contributed by atoms with Crippen molar-refractivity contribution in [1.82, 2.24) is 19.8 Å². The number of benzene rings is 1. The second-order valence-corrected chi connectivity index (χ2v) is 9.73. The third-order valence-corrected chi connectivity index (χ3v) is 7.57. The van der Waals surface area contributed by atoms with Gasteiger partial charge >= 0.3 is 5.97 Å². The van der Waals surface area contributed by atoms with Gasteiger partial charge in [-0.2, -0.15) is 0 Å². The fourth-order valence-corrected chi connectivity index (χ4v) is 6.10. The summed E-state index contributed by atoms with van der Waals surface area (Å²) < 4.78 is 2.15. The summed E-state index contributed by atoms with van der Waals surface area (Å²) >= 11 is 5.91. The minimum absolute atomic E-state index is 0.0214. The fourth-order valence-electron chi connectivity index (χ4n) is 5.71. The summed E-state index contributed by atoms with van der Waals surface area (Å²) in [6.07, 6.45) is 7.87. The Kier molecular flexibility index (Phi) is 6.13. The predicted octanol–water partition coefficient (Wildman–Crippen LogP) is 5.49. The molecule has 0 radical (unpaired) electrons. The van der Waals surface area contributed by atoms with Gasteiger partial charge in [-0.25, -0.2) is 4.79 Å². The standard InChI is InChI=1S/C27H30N4O2S/c1-17-15-22(18(2)30(17)21-12-8-9-19(16-21)26(32)33)25-24(23-13-6-7-14-28-23)29-27(34)31(25)20-10-4-3-5-11-20/h6-9,12-16,20,24-25H,3-5,10-11H2,1-2H3,(H,29,34)(H,32,33). The number of nitrogens with zero attached hydrogens (tertiary/aromatic N) is 3. The Hall–Kier alpha value is -3.19. The molecule has 0 bridgehead atoms. The molecule has 3 heterocycles. The SMILES string of the molecule is Cc1cc(C2C(c3ccccn3)NC(=S)N2C2CCCCC2)c(C)n1-c1cccc(C(=O)O)c1. The summed E-state index contributed by atoms with van der Waals surface area (Å²) in [5, 5.41) is 13.9. The van der Waals surface area contributed by atoms with Crippen molar-refractivity contribution in [2.24, 2.45) is 0 Å². The fraction of sp³-hybridized carbons (Fsp3) is 0.370. The van der Waals surface area contributed by atoms with E-state index in [9.17, 15) is 9.90 Å². The Morgan fingerprint density at radius 1 is 1.09 bits per heavy atom. The van der Waals surface area contributed by atoms with Gasteiger partial charge in [-0.15, -0.1) is 0 Å². The summed E-state index contributed by atoms with van der Waals surface area (Å²) in [7, 11) is 0. The molecule has 2 N–H and O–H groups in total. The van der Waals surface area contributed by atoms with E-state index in [1.165, 1.54) is 24.8 Å². The molecule has 2 fully saturated rings. The zero-order valence-electron chi connectivity index (χ0n) is 19.6. The van der Waals surface area contributed by atoms with Gasteiger partial charge in [0.2, 0.25) is 0 Å². The van der Waals surface area contributed by atoms with Crippen molar-refractivity contribution in [1.29, 1.82) is 0 Å². The average Bonchev–Trinajstić information content (AvgIpc) is 3.35. The number of aryl methyl sites for hydroxylation is 1. The first-order chi connectivity index (χ1) is 16.5. The van der Waals surface area contributed by atoms with Crippen molar-refractivity contribution in [2.45, 2.75) is 64.1 Å². The highest BCUT2D eigenvalue weighted by Gasteiger charge is 2.44. The molecular formula is C27H30N4O2S. The van der Waals surface area contributed by atoms with Crippen LogP contribution < -0.4 is 5.32 Å². The molecule has 0 spiro atoms. The van der Waals surface area contributed by atoms with Gasteiger partial charge in [0, 0.05) is 29.3 Å². The molecule has 1 saturated carbocycles. The first kappa shape index (κ1) is 22.6. The summed E-state index contributed by atoms with van der Waals surface area (Å²) in [5.41, 5.74) is 5.48. The minimum Gasteiger partial charge on any atom is -0.478 e. The van der Waals surface area contributed by atoms with Crippen LogP contribution in [-0.2, 0) is 0 Å². The number of hydrogen-bond acceptors (Lipinski definition) is 3. The van der Waals surface area contributed by atoms with Crippen LogP contribution in [0.4, 0.5) is 0 Å². The maximum Gasteiger partial charge on any atom is 0.335 e. The van der Waals surface area contributed by atoms with Crippen LogP contribution in [0.5, 0.6) is 0 Å². The normalized spacial score (nSPS) is 21.0. The van der Waals surface area contributed by atoms with E-state index in [1.807, 2.05) is 24.4 Å². The predicted molar refractivity (Wildman–Crippen MR) is 136 cm³/mol. The molecule has 5 rings (SSSR count). The molecule has 2 aromatic heterocycles. The Balaban J connectivity index is 1.62. The molecule has 0 amide bonds. The lowest BCUT2D eigenvalue weighted by molar-refractivity contribution is 0.0697. The summed E-state index contributed by atoms with van der Waals surface area (Å²) in [6.45, 7) is 4.19. The topological polar surface area (TPSA) is 70.4 Å². The molecular weight excluding hydrogens is 444 g/mol. The Morgan fingerprint density at radius 2 is 1.88 bits per heavy atom. The van der Waals surface area contributed by atoms with Gasteiger partial charge in [0.15, 0.2) is 5.11 Å². The van der Waals surface area contributed by atoms with E-state index in [4.69, 9.17) is 12.2 Å². The van der Waals surface area contributed by atoms with Crippen molar-refractivity contribution in [3.05, 3.63) is 82.9 Å². The number of hydrogen-bond donors (Lipinski definition) is 2. The monoisotopic (exact) mass is 474 g/mol. The second kappa shape index (κ2) is 9.22. The molecule has 34 heavy (non-hydrogen) atoms. The van der Waals surface area contributed by atoms with Crippen LogP contribution in [-0.4, -0.2) is 36.7 Å². The van der Waals surface area contributed by atoms with E-state index in [0.717, 1.165) is 40.7 Å². The highest BCUT2D eigenvalue weighted by atomic mass is 32.1. The van der Waals surface area contributed by atoms with Gasteiger partial charge in [0.1, 0.15) is 0 Å². The number of carboxylic acids is 1. The van der Waals surface area contributed by atoms with Gasteiger partial charge in [0.05, 0.1) is 23.3 Å². The largest absolute Gasteiger partial charge is 0.478 e. The quantitative estimate of drug-likeness (QED) is 0.477. The molecule has 1 aromatic carbocycles. The molecule has 2 unspecified atom stereocenters. The lowest BCUT2D eigenvalue weighted by Crippen LogP contribution is -2.40. The van der Waals surface area contributed by atoms with Crippen molar-refractivity contribution >= 4 is 23.3 Å². The van der Waals surface area contributed by atoms with Crippen molar-refractivity contribution in [3.8, 4) is 5.69 Å². The van der Waals surface area contributed by atoms with Gasteiger partial charge < -0.3 is 19.9 Å². The van der Waals surface area contributed by atoms with Crippen LogP contribution in [0.25, 0.3) is 5.69 Å². The van der Waals surface area contributed by atoms with Gasteiger partial charge in [-0.3, -0.25) is 4.98 Å². The number of carbonyl (C=O) groups is 1. The molecule has 6 nitrogen and oxygen atoms in total. The molecule has 1 aliphatic carbocycles. The van der Waals surface area contributed by atoms with E-state index in [2.05, 4.69) is 45.7 Å². The highest BCUT2D eigenvalue weighted by Crippen LogP contribution is 2.44. The van der Waals surface area contributed by atoms with Crippen LogP contribution in [0, 0.1) is 13.8 Å². The molecule has 1 saturated heterocycles. The first-order valence-electron chi connectivity index (χ1n) is 12.0. The second-order valence-electron chi connectivity index (χ2n) is 9.34. The van der Waals surface area contributed by atoms with Crippen molar-refractivity contribution < 1.29 is 9.90 Å². The molecule has 3 aromatic rings. The number of pyridine rings is 1. The van der Waals surface area contributed by atoms with E-state index in [1.54, 1.807) is 18.2 Å². The zero-order chi connectivity index (χ0) is 23.8. The van der Waals surface area contributed by atoms with Crippen LogP contribution in [0.1, 0.15) is 77.2 Å². The molecule has 1 aliphatic heterocycles. The Bertz CT molecular complexity index is 1220. The first-order valence-corrected chi connectivity index (χ1v) is 12.4. The van der Waals surface area contributed by atoms with Crippen LogP contribution in [0.2, 0.25) is 0 Å². The number of thiocarbonyl (C=S) groups is 1. The van der Waals surface area contributed by atoms with Crippen LogP contribution in [0.15, 0.2) is 54.7 Å². The van der Waals surface area contributed by atoms with Gasteiger partial charge in [-0.1, -0.05) is 31.4 Å². The maximum absolute atomic E-state index is 11.6. The smallest absolute Gasteiger partial charge is 0.335 e. The third kappa shape index (κ3) is 3.98. The molecule has 2 aliphatic rings. The Labute approximate surface area is 205 Å². The summed E-state index contributed by atoms with van der Waals surface area (Å²) in [4.78, 5) is 18.7. The van der Waals surface area contributed by atoms with Crippen molar-refractivity contribution in [3.63, 3.8) is 0 Å². The van der Waals surface area contributed by atoms with E-state index in [-0.39, 0.29) is 17.6 Å². The third-order valence-electron chi connectivity index (χ3n) is 7.24.